The van der Waals surface area contributed by atoms with E-state index in [9.17, 15) is 9.90 Å². The maximum absolute atomic E-state index is 12.3. The molecule has 0 aromatic heterocycles. The van der Waals surface area contributed by atoms with Crippen LogP contribution < -0.4 is 0 Å². The number of aromatic hydroxyl groups is 1. The number of aliphatic imine (C=N–C) groups is 1. The summed E-state index contributed by atoms with van der Waals surface area (Å²) in [5.74, 6) is 0.0811. The molecular formula is C20H14ClNO2. The molecule has 3 rings (SSSR count). The third-order valence-corrected chi connectivity index (χ3v) is 3.74. The summed E-state index contributed by atoms with van der Waals surface area (Å²) >= 11 is 5.90. The fraction of sp³-hybridized carbons (Fsp3) is 0. The molecule has 0 saturated carbocycles. The number of halogens is 1. The first kappa shape index (κ1) is 16.0. The van der Waals surface area contributed by atoms with Crippen molar-refractivity contribution in [2.24, 2.45) is 4.99 Å². The van der Waals surface area contributed by atoms with E-state index >= 15 is 0 Å². The maximum atomic E-state index is 12.3. The average Bonchev–Trinajstić information content (AvgIpc) is 2.63. The molecule has 0 fully saturated rings. The molecule has 4 heteroatoms. The van der Waals surface area contributed by atoms with E-state index in [-0.39, 0.29) is 11.5 Å². The Hall–Kier alpha value is -2.91. The lowest BCUT2D eigenvalue weighted by Gasteiger charge is -2.02. The number of hydrogen-bond acceptors (Lipinski definition) is 3. The summed E-state index contributed by atoms with van der Waals surface area (Å²) in [6.07, 6.45) is 1.54. The van der Waals surface area contributed by atoms with Gasteiger partial charge in [0.2, 0.25) is 0 Å². The zero-order chi connectivity index (χ0) is 16.9. The van der Waals surface area contributed by atoms with Crippen LogP contribution in [0.2, 0.25) is 5.02 Å². The van der Waals surface area contributed by atoms with Crippen LogP contribution in [0, 0.1) is 0 Å². The summed E-state index contributed by atoms with van der Waals surface area (Å²) in [6.45, 7) is 0. The Kier molecular flexibility index (Phi) is 4.73. The zero-order valence-corrected chi connectivity index (χ0v) is 13.4. The molecule has 3 nitrogen and oxygen atoms in total. The van der Waals surface area contributed by atoms with Gasteiger partial charge in [-0.1, -0.05) is 41.9 Å². The van der Waals surface area contributed by atoms with Gasteiger partial charge in [-0.2, -0.15) is 0 Å². The lowest BCUT2D eigenvalue weighted by atomic mass is 10.0. The molecule has 0 aliphatic carbocycles. The van der Waals surface area contributed by atoms with E-state index in [4.69, 9.17) is 11.6 Å². The number of ketones is 1. The van der Waals surface area contributed by atoms with E-state index in [1.165, 1.54) is 12.3 Å². The third kappa shape index (κ3) is 3.70. The maximum Gasteiger partial charge on any atom is 0.193 e. The molecule has 0 aliphatic rings. The van der Waals surface area contributed by atoms with Gasteiger partial charge in [-0.15, -0.1) is 0 Å². The van der Waals surface area contributed by atoms with Crippen molar-refractivity contribution in [3.05, 3.63) is 94.5 Å². The molecule has 24 heavy (non-hydrogen) atoms. The largest absolute Gasteiger partial charge is 0.507 e. The van der Waals surface area contributed by atoms with Gasteiger partial charge in [0.05, 0.1) is 5.69 Å². The number of carbonyl (C=O) groups excluding carboxylic acids is 1. The normalized spacial score (nSPS) is 10.9. The van der Waals surface area contributed by atoms with Gasteiger partial charge in [0, 0.05) is 27.9 Å². The van der Waals surface area contributed by atoms with Crippen LogP contribution >= 0.6 is 11.6 Å². The molecule has 1 N–H and O–H groups in total. The van der Waals surface area contributed by atoms with Crippen LogP contribution in [0.4, 0.5) is 5.69 Å². The number of benzene rings is 3. The molecule has 0 heterocycles. The van der Waals surface area contributed by atoms with Crippen LogP contribution in [0.1, 0.15) is 21.5 Å². The van der Waals surface area contributed by atoms with Crippen molar-refractivity contribution in [1.82, 2.24) is 0 Å². The minimum absolute atomic E-state index is 0.0291. The number of hydrogen-bond donors (Lipinski definition) is 1. The van der Waals surface area contributed by atoms with Crippen molar-refractivity contribution < 1.29 is 9.90 Å². The van der Waals surface area contributed by atoms with Crippen molar-refractivity contribution in [2.45, 2.75) is 0 Å². The summed E-state index contributed by atoms with van der Waals surface area (Å²) in [7, 11) is 0. The Morgan fingerprint density at radius 1 is 0.917 bits per heavy atom. The summed E-state index contributed by atoms with van der Waals surface area (Å²) in [6, 6.07) is 20.9. The van der Waals surface area contributed by atoms with Gasteiger partial charge in [0.15, 0.2) is 5.78 Å². The molecule has 0 bridgehead atoms. The lowest BCUT2D eigenvalue weighted by molar-refractivity contribution is 0.103. The van der Waals surface area contributed by atoms with Crippen molar-refractivity contribution in [2.75, 3.05) is 0 Å². The van der Waals surface area contributed by atoms with E-state index in [0.717, 1.165) is 0 Å². The number of nitrogens with zero attached hydrogens (tertiary/aromatic N) is 1. The van der Waals surface area contributed by atoms with E-state index in [1.807, 2.05) is 18.2 Å². The first-order valence-electron chi connectivity index (χ1n) is 7.36. The van der Waals surface area contributed by atoms with E-state index in [0.29, 0.717) is 27.4 Å². The van der Waals surface area contributed by atoms with E-state index < -0.39 is 0 Å². The second-order valence-electron chi connectivity index (χ2n) is 5.20. The molecule has 3 aromatic rings. The Labute approximate surface area is 144 Å². The first-order valence-corrected chi connectivity index (χ1v) is 7.74. The van der Waals surface area contributed by atoms with Gasteiger partial charge in [-0.3, -0.25) is 9.79 Å². The Balaban J connectivity index is 1.79. The molecule has 3 aromatic carbocycles. The predicted octanol–water partition coefficient (Wildman–Crippen LogP) is 5.03. The van der Waals surface area contributed by atoms with Crippen molar-refractivity contribution in [3.8, 4) is 5.75 Å². The first-order chi connectivity index (χ1) is 11.6. The fourth-order valence-corrected chi connectivity index (χ4v) is 2.41. The van der Waals surface area contributed by atoms with Crippen LogP contribution in [-0.2, 0) is 0 Å². The fourth-order valence-electron chi connectivity index (χ4n) is 2.23. The molecule has 0 unspecified atom stereocenters. The van der Waals surface area contributed by atoms with Crippen LogP contribution in [0.3, 0.4) is 0 Å². The standard InChI is InChI=1S/C20H14ClNO2/c21-17-8-11-19(23)16(12-17)13-22-18-9-6-15(7-10-18)20(24)14-4-2-1-3-5-14/h1-13,23H. The molecule has 0 amide bonds. The molecule has 0 radical (unpaired) electrons. The quantitative estimate of drug-likeness (QED) is 0.537. The highest BCUT2D eigenvalue weighted by atomic mass is 35.5. The van der Waals surface area contributed by atoms with Crippen molar-refractivity contribution >= 4 is 29.3 Å². The summed E-state index contributed by atoms with van der Waals surface area (Å²) in [5, 5.41) is 10.3. The molecule has 0 saturated heterocycles. The smallest absolute Gasteiger partial charge is 0.193 e. The second-order valence-corrected chi connectivity index (χ2v) is 5.64. The summed E-state index contributed by atoms with van der Waals surface area (Å²) in [4.78, 5) is 16.6. The Bertz CT molecular complexity index is 887. The Morgan fingerprint density at radius 3 is 2.29 bits per heavy atom. The SMILES string of the molecule is O=C(c1ccccc1)c1ccc(N=Cc2cc(Cl)ccc2O)cc1. The molecule has 118 valence electrons. The van der Waals surface area contributed by atoms with Gasteiger partial charge in [-0.05, 0) is 42.5 Å². The monoisotopic (exact) mass is 335 g/mol. The van der Waals surface area contributed by atoms with Crippen LogP contribution in [0.5, 0.6) is 5.75 Å². The average molecular weight is 336 g/mol. The minimum Gasteiger partial charge on any atom is -0.507 e. The van der Waals surface area contributed by atoms with E-state index in [1.54, 1.807) is 48.5 Å². The van der Waals surface area contributed by atoms with Gasteiger partial charge in [0.1, 0.15) is 5.75 Å². The number of carbonyl (C=O) groups is 1. The molecule has 0 spiro atoms. The van der Waals surface area contributed by atoms with E-state index in [2.05, 4.69) is 4.99 Å². The molecule has 0 atom stereocenters. The number of rotatable bonds is 4. The highest BCUT2D eigenvalue weighted by Crippen LogP contribution is 2.21. The molecular weight excluding hydrogens is 322 g/mol. The van der Waals surface area contributed by atoms with Gasteiger partial charge in [0.25, 0.3) is 0 Å². The van der Waals surface area contributed by atoms with Gasteiger partial charge >= 0.3 is 0 Å². The highest BCUT2D eigenvalue weighted by molar-refractivity contribution is 6.30. The minimum atomic E-state index is -0.0291. The Morgan fingerprint density at radius 2 is 1.58 bits per heavy atom. The predicted molar refractivity (Wildman–Crippen MR) is 96.7 cm³/mol. The summed E-state index contributed by atoms with van der Waals surface area (Å²) < 4.78 is 0. The third-order valence-electron chi connectivity index (χ3n) is 3.51. The summed E-state index contributed by atoms with van der Waals surface area (Å²) in [5.41, 5.74) is 2.47. The highest BCUT2D eigenvalue weighted by Gasteiger charge is 2.07. The van der Waals surface area contributed by atoms with Crippen LogP contribution in [0.15, 0.2) is 77.8 Å². The molecule has 0 aliphatic heterocycles. The van der Waals surface area contributed by atoms with Crippen LogP contribution in [0.25, 0.3) is 0 Å². The van der Waals surface area contributed by atoms with Crippen molar-refractivity contribution in [3.63, 3.8) is 0 Å². The van der Waals surface area contributed by atoms with Gasteiger partial charge < -0.3 is 5.11 Å². The van der Waals surface area contributed by atoms with Gasteiger partial charge in [-0.25, -0.2) is 0 Å². The van der Waals surface area contributed by atoms with Crippen LogP contribution in [-0.4, -0.2) is 17.1 Å². The lowest BCUT2D eigenvalue weighted by Crippen LogP contribution is -2.00. The second kappa shape index (κ2) is 7.11. The number of phenolic OH excluding ortho intramolecular Hbond substituents is 1. The van der Waals surface area contributed by atoms with Crippen molar-refractivity contribution in [1.29, 1.82) is 0 Å². The zero-order valence-electron chi connectivity index (χ0n) is 12.7. The topological polar surface area (TPSA) is 49.7 Å². The number of phenols is 1.